The van der Waals surface area contributed by atoms with Crippen molar-refractivity contribution < 1.29 is 0 Å². The lowest BCUT2D eigenvalue weighted by Crippen LogP contribution is -1.99. The molecule has 0 bridgehead atoms. The summed E-state index contributed by atoms with van der Waals surface area (Å²) in [6, 6.07) is 7.37. The standard InChI is InChI=1S/C14H10Cl3N3S2/c15-6-13(10-2-1-9(16)5-11(10)17)22-14(21)12(7-18)20-4-3-19-8-20/h1-5,8,13,21H,6H2/b14-12+/t13-/m0/s1. The first-order chi connectivity index (χ1) is 10.6. The van der Waals surface area contributed by atoms with Crippen molar-refractivity contribution in [1.82, 2.24) is 9.55 Å². The number of halogens is 3. The summed E-state index contributed by atoms with van der Waals surface area (Å²) in [6.45, 7) is 0. The highest BCUT2D eigenvalue weighted by Gasteiger charge is 2.18. The lowest BCUT2D eigenvalue weighted by atomic mass is 10.2. The predicted molar refractivity (Wildman–Crippen MR) is 97.6 cm³/mol. The Bertz CT molecular complexity index is 723. The van der Waals surface area contributed by atoms with Gasteiger partial charge in [-0.05, 0) is 17.7 Å². The van der Waals surface area contributed by atoms with Crippen molar-refractivity contribution in [3.05, 3.63) is 56.8 Å². The summed E-state index contributed by atoms with van der Waals surface area (Å²) < 4.78 is 2.14. The summed E-state index contributed by atoms with van der Waals surface area (Å²) in [5.41, 5.74) is 1.23. The van der Waals surface area contributed by atoms with Crippen LogP contribution in [-0.4, -0.2) is 15.4 Å². The van der Waals surface area contributed by atoms with Gasteiger partial charge in [-0.3, -0.25) is 4.57 Å². The van der Waals surface area contributed by atoms with Crippen molar-refractivity contribution in [2.75, 3.05) is 5.88 Å². The van der Waals surface area contributed by atoms with Crippen LogP contribution >= 0.6 is 59.2 Å². The molecule has 1 heterocycles. The van der Waals surface area contributed by atoms with E-state index in [0.29, 0.717) is 25.9 Å². The van der Waals surface area contributed by atoms with E-state index in [1.54, 1.807) is 35.4 Å². The van der Waals surface area contributed by atoms with Crippen molar-refractivity contribution in [2.45, 2.75) is 5.25 Å². The van der Waals surface area contributed by atoms with E-state index >= 15 is 0 Å². The molecular weight excluding hydrogens is 381 g/mol. The van der Waals surface area contributed by atoms with Gasteiger partial charge in [0, 0.05) is 28.3 Å². The highest BCUT2D eigenvalue weighted by atomic mass is 35.5. The summed E-state index contributed by atoms with van der Waals surface area (Å²) in [4.78, 5) is 3.93. The molecule has 2 rings (SSSR count). The molecule has 0 aliphatic carbocycles. The summed E-state index contributed by atoms with van der Waals surface area (Å²) in [7, 11) is 0. The molecule has 0 aliphatic heterocycles. The Labute approximate surface area is 153 Å². The number of nitrogens with zero attached hydrogens (tertiary/aromatic N) is 3. The molecule has 22 heavy (non-hydrogen) atoms. The molecule has 1 atom stereocenters. The van der Waals surface area contributed by atoms with Crippen molar-refractivity contribution >= 4 is 64.9 Å². The number of rotatable bonds is 5. The van der Waals surface area contributed by atoms with E-state index < -0.39 is 0 Å². The molecule has 0 radical (unpaired) electrons. The van der Waals surface area contributed by atoms with Gasteiger partial charge in [0.25, 0.3) is 0 Å². The molecule has 0 amide bonds. The molecule has 2 aromatic rings. The van der Waals surface area contributed by atoms with Gasteiger partial charge < -0.3 is 0 Å². The smallest absolute Gasteiger partial charge is 0.145 e. The fourth-order valence-electron chi connectivity index (χ4n) is 1.74. The molecule has 8 heteroatoms. The fraction of sp³-hybridized carbons (Fsp3) is 0.143. The first kappa shape index (κ1) is 17.6. The van der Waals surface area contributed by atoms with E-state index in [0.717, 1.165) is 5.56 Å². The van der Waals surface area contributed by atoms with Crippen LogP contribution < -0.4 is 0 Å². The Hall–Kier alpha value is -0.770. The second-order valence-electron chi connectivity index (χ2n) is 4.16. The Balaban J connectivity index is 2.31. The third-order valence-corrected chi connectivity index (χ3v) is 5.48. The molecule has 114 valence electrons. The summed E-state index contributed by atoms with van der Waals surface area (Å²) >= 11 is 24.0. The van der Waals surface area contributed by atoms with Crippen LogP contribution in [0.4, 0.5) is 0 Å². The first-order valence-electron chi connectivity index (χ1n) is 6.06. The van der Waals surface area contributed by atoms with Gasteiger partial charge in [-0.15, -0.1) is 36.0 Å². The van der Waals surface area contributed by atoms with E-state index in [1.165, 1.54) is 11.8 Å². The van der Waals surface area contributed by atoms with Crippen LogP contribution in [0.5, 0.6) is 0 Å². The molecule has 0 unspecified atom stereocenters. The van der Waals surface area contributed by atoms with Crippen LogP contribution in [0.1, 0.15) is 10.8 Å². The number of nitriles is 1. The number of imidazole rings is 1. The van der Waals surface area contributed by atoms with E-state index in [2.05, 4.69) is 23.7 Å². The van der Waals surface area contributed by atoms with Crippen molar-refractivity contribution in [2.24, 2.45) is 0 Å². The van der Waals surface area contributed by atoms with E-state index in [4.69, 9.17) is 34.8 Å². The normalized spacial score (nSPS) is 13.4. The zero-order valence-corrected chi connectivity index (χ0v) is 15.1. The van der Waals surface area contributed by atoms with Crippen molar-refractivity contribution in [3.8, 4) is 6.07 Å². The monoisotopic (exact) mass is 389 g/mol. The highest BCUT2D eigenvalue weighted by molar-refractivity contribution is 8.16. The van der Waals surface area contributed by atoms with Crippen molar-refractivity contribution in [3.63, 3.8) is 0 Å². The molecule has 3 nitrogen and oxygen atoms in total. The van der Waals surface area contributed by atoms with Gasteiger partial charge >= 0.3 is 0 Å². The molecule has 1 aromatic heterocycles. The summed E-state index contributed by atoms with van der Waals surface area (Å²) in [6.07, 6.45) is 4.82. The van der Waals surface area contributed by atoms with Gasteiger partial charge in [0.15, 0.2) is 0 Å². The van der Waals surface area contributed by atoms with Crippen LogP contribution in [0, 0.1) is 11.3 Å². The summed E-state index contributed by atoms with van der Waals surface area (Å²) in [5, 5.41) is 10.3. The third kappa shape index (κ3) is 4.15. The number of aromatic nitrogens is 2. The van der Waals surface area contributed by atoms with Crippen LogP contribution in [0.15, 0.2) is 41.2 Å². The number of hydrogen-bond acceptors (Lipinski definition) is 4. The second-order valence-corrected chi connectivity index (χ2v) is 7.28. The molecule has 0 spiro atoms. The lowest BCUT2D eigenvalue weighted by Gasteiger charge is -2.16. The van der Waals surface area contributed by atoms with Gasteiger partial charge in [-0.25, -0.2) is 4.98 Å². The molecule has 0 fully saturated rings. The second kappa shape index (κ2) is 8.19. The number of alkyl halides is 1. The zero-order valence-electron chi connectivity index (χ0n) is 11.1. The molecule has 1 aromatic carbocycles. The van der Waals surface area contributed by atoms with Gasteiger partial charge in [-0.2, -0.15) is 5.26 Å². The van der Waals surface area contributed by atoms with Gasteiger partial charge in [0.2, 0.25) is 0 Å². The maximum absolute atomic E-state index is 9.32. The lowest BCUT2D eigenvalue weighted by molar-refractivity contribution is 1.10. The third-order valence-electron chi connectivity index (χ3n) is 2.77. The Morgan fingerprint density at radius 2 is 2.23 bits per heavy atom. The largest absolute Gasteiger partial charge is 0.296 e. The van der Waals surface area contributed by atoms with Crippen LogP contribution in [0.3, 0.4) is 0 Å². The predicted octanol–water partition coefficient (Wildman–Crippen LogP) is 5.48. The van der Waals surface area contributed by atoms with Crippen LogP contribution in [-0.2, 0) is 0 Å². The molecule has 0 N–H and O–H groups in total. The topological polar surface area (TPSA) is 41.6 Å². The van der Waals surface area contributed by atoms with E-state index in [-0.39, 0.29) is 5.25 Å². The zero-order chi connectivity index (χ0) is 16.1. The maximum atomic E-state index is 9.32. The average molecular weight is 391 g/mol. The maximum Gasteiger partial charge on any atom is 0.145 e. The van der Waals surface area contributed by atoms with Gasteiger partial charge in [0.05, 0.1) is 15.8 Å². The highest BCUT2D eigenvalue weighted by Crippen LogP contribution is 2.42. The first-order valence-corrected chi connectivity index (χ1v) is 8.67. The number of hydrogen-bond donors (Lipinski definition) is 1. The van der Waals surface area contributed by atoms with Gasteiger partial charge in [-0.1, -0.05) is 29.3 Å². The number of allylic oxidation sites excluding steroid dienone is 1. The quantitative estimate of drug-likeness (QED) is 0.417. The SMILES string of the molecule is N#C/C(=C(/S)S[C@@H](CCl)c1ccc(Cl)cc1Cl)n1ccnc1. The average Bonchev–Trinajstić information content (AvgIpc) is 3.00. The molecule has 0 saturated heterocycles. The van der Waals surface area contributed by atoms with E-state index in [9.17, 15) is 5.26 Å². The number of thioether (sulfide) groups is 1. The Morgan fingerprint density at radius 1 is 1.45 bits per heavy atom. The van der Waals surface area contributed by atoms with Gasteiger partial charge in [0.1, 0.15) is 11.8 Å². The minimum Gasteiger partial charge on any atom is -0.296 e. The fourth-order valence-corrected chi connectivity index (χ4v) is 4.17. The Morgan fingerprint density at radius 3 is 2.77 bits per heavy atom. The van der Waals surface area contributed by atoms with Crippen LogP contribution in [0.25, 0.3) is 5.70 Å². The molecule has 0 aliphatic rings. The number of thiol groups is 1. The minimum atomic E-state index is -0.147. The summed E-state index contributed by atoms with van der Waals surface area (Å²) in [5.74, 6) is 0.318. The van der Waals surface area contributed by atoms with Crippen LogP contribution in [0.2, 0.25) is 10.0 Å². The minimum absolute atomic E-state index is 0.147. The molecular formula is C14H10Cl3N3S2. The Kier molecular flexibility index (Phi) is 6.54. The van der Waals surface area contributed by atoms with E-state index in [1.807, 2.05) is 6.07 Å². The molecule has 0 saturated carbocycles. The van der Waals surface area contributed by atoms with Crippen molar-refractivity contribution in [1.29, 1.82) is 5.26 Å². The number of benzene rings is 1.